The summed E-state index contributed by atoms with van der Waals surface area (Å²) < 4.78 is 6.89. The van der Waals surface area contributed by atoms with Crippen LogP contribution < -0.4 is 10.4 Å². The number of hydrogen-bond donors (Lipinski definition) is 0. The highest BCUT2D eigenvalue weighted by atomic mass is 28.4. The minimum absolute atomic E-state index is 0.0865. The van der Waals surface area contributed by atoms with Gasteiger partial charge in [0.05, 0.1) is 0 Å². The third-order valence-electron chi connectivity index (χ3n) is 4.95. The zero-order chi connectivity index (χ0) is 16.3. The minimum Gasteiger partial charge on any atom is -0.407 e. The molecule has 2 aromatic rings. The normalized spacial score (nSPS) is 16.1. The maximum atomic E-state index is 6.89. The summed E-state index contributed by atoms with van der Waals surface area (Å²) in [4.78, 5) is 0. The monoisotopic (exact) mass is 323 g/mol. The highest BCUT2D eigenvalue weighted by molar-refractivity contribution is 6.99. The van der Waals surface area contributed by atoms with Gasteiger partial charge in [0.25, 0.3) is 8.32 Å². The van der Waals surface area contributed by atoms with Crippen LogP contribution in [0.4, 0.5) is 0 Å². The molecule has 1 aliphatic carbocycles. The summed E-state index contributed by atoms with van der Waals surface area (Å²) in [5.41, 5.74) is 0. The van der Waals surface area contributed by atoms with Crippen molar-refractivity contribution in [1.82, 2.24) is 0 Å². The fraction of sp³-hybridized carbons (Fsp3) is 0.381. The summed E-state index contributed by atoms with van der Waals surface area (Å²) in [6.07, 6.45) is 4.77. The second kappa shape index (κ2) is 6.62. The van der Waals surface area contributed by atoms with Crippen LogP contribution in [0.1, 0.15) is 33.6 Å². The van der Waals surface area contributed by atoms with E-state index in [0.29, 0.717) is 5.92 Å². The minimum atomic E-state index is -2.31. The summed E-state index contributed by atoms with van der Waals surface area (Å²) in [6, 6.07) is 21.8. The molecule has 3 rings (SSSR count). The van der Waals surface area contributed by atoms with E-state index in [9.17, 15) is 0 Å². The van der Waals surface area contributed by atoms with E-state index >= 15 is 0 Å². The van der Waals surface area contributed by atoms with Gasteiger partial charge in [-0.1, -0.05) is 81.4 Å². The SMILES string of the molecule is CC(C)(C)[Si](OCC1C[CH]C1)(c1ccccc1)c1ccccc1. The molecule has 0 N–H and O–H groups in total. The lowest BCUT2D eigenvalue weighted by Gasteiger charge is -2.44. The van der Waals surface area contributed by atoms with Crippen LogP contribution in [-0.4, -0.2) is 14.9 Å². The van der Waals surface area contributed by atoms with E-state index in [2.05, 4.69) is 87.9 Å². The van der Waals surface area contributed by atoms with Gasteiger partial charge in [0, 0.05) is 6.61 Å². The molecule has 2 aromatic carbocycles. The maximum Gasteiger partial charge on any atom is 0.261 e. The predicted octanol–water partition coefficient (Wildman–Crippen LogP) is 4.18. The molecule has 0 atom stereocenters. The Labute approximate surface area is 141 Å². The van der Waals surface area contributed by atoms with Crippen LogP contribution >= 0.6 is 0 Å². The number of rotatable bonds is 5. The van der Waals surface area contributed by atoms with Crippen LogP contribution in [-0.2, 0) is 4.43 Å². The second-order valence-electron chi connectivity index (χ2n) is 7.60. The summed E-state index contributed by atoms with van der Waals surface area (Å²) in [5.74, 6) is 0.705. The van der Waals surface area contributed by atoms with Crippen LogP contribution in [0, 0.1) is 12.3 Å². The second-order valence-corrected chi connectivity index (χ2v) is 11.9. The van der Waals surface area contributed by atoms with Crippen LogP contribution in [0.5, 0.6) is 0 Å². The molecular weight excluding hydrogens is 296 g/mol. The Kier molecular flexibility index (Phi) is 4.74. The van der Waals surface area contributed by atoms with Gasteiger partial charge in [-0.05, 0) is 40.6 Å². The molecule has 0 aliphatic heterocycles. The van der Waals surface area contributed by atoms with Crippen molar-refractivity contribution in [3.63, 3.8) is 0 Å². The molecule has 0 unspecified atom stereocenters. The lowest BCUT2D eigenvalue weighted by Crippen LogP contribution is -2.67. The molecule has 0 saturated heterocycles. The zero-order valence-electron chi connectivity index (χ0n) is 14.5. The fourth-order valence-electron chi connectivity index (χ4n) is 3.54. The Morgan fingerprint density at radius 3 is 1.70 bits per heavy atom. The van der Waals surface area contributed by atoms with E-state index in [1.807, 2.05) is 0 Å². The zero-order valence-corrected chi connectivity index (χ0v) is 15.5. The maximum absolute atomic E-state index is 6.89. The van der Waals surface area contributed by atoms with Crippen molar-refractivity contribution in [1.29, 1.82) is 0 Å². The molecule has 1 fully saturated rings. The summed E-state index contributed by atoms with van der Waals surface area (Å²) >= 11 is 0. The lowest BCUT2D eigenvalue weighted by molar-refractivity contribution is 0.203. The van der Waals surface area contributed by atoms with Crippen LogP contribution in [0.2, 0.25) is 5.04 Å². The lowest BCUT2D eigenvalue weighted by atomic mass is 9.86. The average Bonchev–Trinajstić information content (AvgIpc) is 2.50. The molecular formula is C21H27OSi. The van der Waals surface area contributed by atoms with Gasteiger partial charge in [-0.15, -0.1) is 0 Å². The standard InChI is InChI=1S/C21H27OSi/c1-21(2,3)23(19-13-6-4-7-14-19,20-15-8-5-9-16-20)22-17-18-11-10-12-18/h4-10,13-16,18H,11-12,17H2,1-3H3. The first-order valence-electron chi connectivity index (χ1n) is 8.61. The molecule has 0 spiro atoms. The smallest absolute Gasteiger partial charge is 0.261 e. The third-order valence-corrected chi connectivity index (χ3v) is 9.96. The molecule has 1 aliphatic rings. The molecule has 121 valence electrons. The van der Waals surface area contributed by atoms with Crippen molar-refractivity contribution >= 4 is 18.7 Å². The average molecular weight is 324 g/mol. The first-order chi connectivity index (χ1) is 11.0. The van der Waals surface area contributed by atoms with E-state index in [-0.39, 0.29) is 5.04 Å². The van der Waals surface area contributed by atoms with Gasteiger partial charge in [-0.25, -0.2) is 0 Å². The van der Waals surface area contributed by atoms with Crippen molar-refractivity contribution in [2.24, 2.45) is 5.92 Å². The Balaban J connectivity index is 2.08. The van der Waals surface area contributed by atoms with Crippen molar-refractivity contribution in [3.8, 4) is 0 Å². The molecule has 0 heterocycles. The van der Waals surface area contributed by atoms with E-state index in [1.165, 1.54) is 23.2 Å². The van der Waals surface area contributed by atoms with Gasteiger partial charge in [0.1, 0.15) is 0 Å². The Bertz CT molecular complexity index is 572. The fourth-order valence-corrected chi connectivity index (χ4v) is 8.18. The highest BCUT2D eigenvalue weighted by Crippen LogP contribution is 2.38. The van der Waals surface area contributed by atoms with E-state index in [0.717, 1.165) is 6.61 Å². The summed E-state index contributed by atoms with van der Waals surface area (Å²) in [6.45, 7) is 7.90. The Morgan fingerprint density at radius 1 is 0.870 bits per heavy atom. The largest absolute Gasteiger partial charge is 0.407 e. The van der Waals surface area contributed by atoms with Crippen LogP contribution in [0.15, 0.2) is 60.7 Å². The first-order valence-corrected chi connectivity index (χ1v) is 10.5. The molecule has 23 heavy (non-hydrogen) atoms. The van der Waals surface area contributed by atoms with Gasteiger partial charge >= 0.3 is 0 Å². The molecule has 2 heteroatoms. The van der Waals surface area contributed by atoms with Gasteiger partial charge in [0.15, 0.2) is 0 Å². The predicted molar refractivity (Wildman–Crippen MR) is 101 cm³/mol. The quantitative estimate of drug-likeness (QED) is 0.750. The summed E-state index contributed by atoms with van der Waals surface area (Å²) in [7, 11) is -2.31. The molecule has 0 aromatic heterocycles. The van der Waals surface area contributed by atoms with Gasteiger partial charge in [-0.2, -0.15) is 0 Å². The highest BCUT2D eigenvalue weighted by Gasteiger charge is 2.50. The topological polar surface area (TPSA) is 9.23 Å². The van der Waals surface area contributed by atoms with E-state index in [4.69, 9.17) is 4.43 Å². The van der Waals surface area contributed by atoms with E-state index < -0.39 is 8.32 Å². The number of hydrogen-bond acceptors (Lipinski definition) is 1. The first kappa shape index (κ1) is 16.5. The van der Waals surface area contributed by atoms with Crippen molar-refractivity contribution in [2.45, 2.75) is 38.7 Å². The summed E-state index contributed by atoms with van der Waals surface area (Å²) in [5, 5.41) is 2.84. The Hall–Kier alpha value is -1.38. The van der Waals surface area contributed by atoms with Gasteiger partial charge in [-0.3, -0.25) is 0 Å². The molecule has 0 bridgehead atoms. The van der Waals surface area contributed by atoms with Gasteiger partial charge in [0.2, 0.25) is 0 Å². The number of benzene rings is 2. The van der Waals surface area contributed by atoms with Gasteiger partial charge < -0.3 is 4.43 Å². The molecule has 1 saturated carbocycles. The van der Waals surface area contributed by atoms with E-state index in [1.54, 1.807) is 0 Å². The molecule has 0 amide bonds. The Morgan fingerprint density at radius 2 is 1.35 bits per heavy atom. The molecule has 1 nitrogen and oxygen atoms in total. The molecule has 1 radical (unpaired) electrons. The third kappa shape index (κ3) is 3.15. The van der Waals surface area contributed by atoms with Crippen molar-refractivity contribution < 1.29 is 4.43 Å². The van der Waals surface area contributed by atoms with Crippen LogP contribution in [0.25, 0.3) is 0 Å². The van der Waals surface area contributed by atoms with Crippen molar-refractivity contribution in [3.05, 3.63) is 67.1 Å². The van der Waals surface area contributed by atoms with Crippen molar-refractivity contribution in [2.75, 3.05) is 6.61 Å². The van der Waals surface area contributed by atoms with Crippen LogP contribution in [0.3, 0.4) is 0 Å².